The number of carbonyl (C=O) groups is 1. The molecule has 0 aliphatic rings. The number of aromatic nitrogens is 3. The molecule has 0 spiro atoms. The summed E-state index contributed by atoms with van der Waals surface area (Å²) in [4.78, 5) is 11.1. The predicted octanol–water partition coefficient (Wildman–Crippen LogP) is 5.03. The Bertz CT molecular complexity index is 1220. The van der Waals surface area contributed by atoms with Crippen LogP contribution in [0.5, 0.6) is 0 Å². The molecule has 0 bridgehead atoms. The number of aromatic amines is 1. The second kappa shape index (κ2) is 6.65. The van der Waals surface area contributed by atoms with Crippen molar-refractivity contribution < 1.29 is 23.1 Å². The largest absolute Gasteiger partial charge is 0.477 e. The third-order valence-corrected chi connectivity index (χ3v) is 5.02. The summed E-state index contributed by atoms with van der Waals surface area (Å²) in [6.07, 6.45) is 0.678. The van der Waals surface area contributed by atoms with Gasteiger partial charge >= 0.3 is 11.9 Å². The van der Waals surface area contributed by atoms with Crippen LogP contribution in [0.4, 0.5) is 13.2 Å². The number of rotatable bonds is 5. The number of halogens is 3. The Morgan fingerprint density at radius 1 is 1.24 bits per heavy atom. The minimum absolute atomic E-state index is 0.191. The van der Waals surface area contributed by atoms with Gasteiger partial charge in [-0.15, -0.1) is 0 Å². The maximum absolute atomic E-state index is 14.2. The Kier molecular flexibility index (Phi) is 4.37. The maximum Gasteiger partial charge on any atom is 0.374 e. The number of nitrogens with one attached hydrogen (secondary N) is 1. The van der Waals surface area contributed by atoms with E-state index in [0.29, 0.717) is 27.8 Å². The van der Waals surface area contributed by atoms with E-state index in [1.807, 2.05) is 19.9 Å². The minimum Gasteiger partial charge on any atom is -0.477 e. The van der Waals surface area contributed by atoms with Gasteiger partial charge in [-0.2, -0.15) is 13.9 Å². The lowest BCUT2D eigenvalue weighted by Crippen LogP contribution is -2.31. The molecule has 4 rings (SSSR count). The van der Waals surface area contributed by atoms with Gasteiger partial charge in [0.05, 0.1) is 23.7 Å². The van der Waals surface area contributed by atoms with Crippen LogP contribution in [-0.4, -0.2) is 31.8 Å². The molecule has 0 amide bonds. The molecule has 0 aliphatic carbocycles. The van der Waals surface area contributed by atoms with Crippen molar-refractivity contribution >= 4 is 27.8 Å². The van der Waals surface area contributed by atoms with E-state index in [-0.39, 0.29) is 11.5 Å². The van der Waals surface area contributed by atoms with E-state index in [0.717, 1.165) is 5.39 Å². The standard InChI is InChI=1S/C21H18F3N3O2/c1-11(2)19-16(9-21(23,24)20(28)29)15-8-17-12(10-25-26-17)7-18(15)27(19)14-5-3-13(22)4-6-14/h3-8,10-11H,9H2,1-2H3,(H,25,26)(H,28,29). The number of hydrogen-bond acceptors (Lipinski definition) is 2. The molecule has 0 saturated heterocycles. The lowest BCUT2D eigenvalue weighted by molar-refractivity contribution is -0.164. The van der Waals surface area contributed by atoms with Gasteiger partial charge in [-0.1, -0.05) is 13.8 Å². The average molecular weight is 401 g/mol. The molecular formula is C21H18F3N3O2. The van der Waals surface area contributed by atoms with Crippen molar-refractivity contribution in [3.05, 3.63) is 59.7 Å². The molecule has 2 aromatic carbocycles. The monoisotopic (exact) mass is 401 g/mol. The van der Waals surface area contributed by atoms with Crippen molar-refractivity contribution in [1.29, 1.82) is 0 Å². The van der Waals surface area contributed by atoms with Gasteiger partial charge < -0.3 is 9.67 Å². The third kappa shape index (κ3) is 3.14. The van der Waals surface area contributed by atoms with E-state index in [9.17, 15) is 18.0 Å². The molecule has 0 aliphatic heterocycles. The van der Waals surface area contributed by atoms with E-state index in [1.54, 1.807) is 29.0 Å². The number of nitrogens with zero attached hydrogens (tertiary/aromatic N) is 2. The van der Waals surface area contributed by atoms with Crippen molar-refractivity contribution in [1.82, 2.24) is 14.8 Å². The number of carboxylic acids is 1. The average Bonchev–Trinajstić information content (AvgIpc) is 3.22. The highest BCUT2D eigenvalue weighted by atomic mass is 19.3. The van der Waals surface area contributed by atoms with Gasteiger partial charge in [-0.05, 0) is 47.9 Å². The quantitative estimate of drug-likeness (QED) is 0.493. The Morgan fingerprint density at radius 2 is 1.93 bits per heavy atom. The van der Waals surface area contributed by atoms with Crippen LogP contribution >= 0.6 is 0 Å². The molecule has 29 heavy (non-hydrogen) atoms. The molecule has 150 valence electrons. The first-order chi connectivity index (χ1) is 13.7. The van der Waals surface area contributed by atoms with Crippen molar-refractivity contribution in [2.24, 2.45) is 0 Å². The zero-order chi connectivity index (χ0) is 20.9. The summed E-state index contributed by atoms with van der Waals surface area (Å²) in [5.41, 5.74) is 2.71. The zero-order valence-electron chi connectivity index (χ0n) is 15.7. The van der Waals surface area contributed by atoms with Gasteiger partial charge in [0, 0.05) is 22.2 Å². The number of aliphatic carboxylic acids is 1. The summed E-state index contributed by atoms with van der Waals surface area (Å²) < 4.78 is 43.8. The molecule has 0 radical (unpaired) electrons. The van der Waals surface area contributed by atoms with Gasteiger partial charge in [0.1, 0.15) is 5.82 Å². The van der Waals surface area contributed by atoms with Crippen LogP contribution in [0.25, 0.3) is 27.5 Å². The molecule has 4 aromatic rings. The Morgan fingerprint density at radius 3 is 2.55 bits per heavy atom. The molecular weight excluding hydrogens is 383 g/mol. The van der Waals surface area contributed by atoms with Gasteiger partial charge in [0.25, 0.3) is 0 Å². The summed E-state index contributed by atoms with van der Waals surface area (Å²) in [6.45, 7) is 3.70. The second-order valence-corrected chi connectivity index (χ2v) is 7.34. The van der Waals surface area contributed by atoms with E-state index in [4.69, 9.17) is 5.11 Å². The topological polar surface area (TPSA) is 70.9 Å². The van der Waals surface area contributed by atoms with Crippen molar-refractivity contribution in [2.45, 2.75) is 32.1 Å². The smallest absolute Gasteiger partial charge is 0.374 e. The fourth-order valence-corrected chi connectivity index (χ4v) is 3.77. The Labute approximate surface area is 163 Å². The van der Waals surface area contributed by atoms with Gasteiger partial charge in [-0.25, -0.2) is 9.18 Å². The van der Waals surface area contributed by atoms with E-state index < -0.39 is 24.1 Å². The molecule has 0 fully saturated rings. The highest BCUT2D eigenvalue weighted by Gasteiger charge is 2.41. The molecule has 0 unspecified atom stereocenters. The first-order valence-electron chi connectivity index (χ1n) is 9.06. The molecule has 2 heterocycles. The van der Waals surface area contributed by atoms with Gasteiger partial charge in [-0.3, -0.25) is 5.10 Å². The van der Waals surface area contributed by atoms with Crippen LogP contribution < -0.4 is 0 Å². The molecule has 2 aromatic heterocycles. The van der Waals surface area contributed by atoms with E-state index in [1.165, 1.54) is 12.1 Å². The van der Waals surface area contributed by atoms with E-state index in [2.05, 4.69) is 10.2 Å². The molecule has 2 N–H and O–H groups in total. The summed E-state index contributed by atoms with van der Waals surface area (Å²) in [7, 11) is 0. The van der Waals surface area contributed by atoms with Crippen molar-refractivity contribution in [3.63, 3.8) is 0 Å². The molecule has 0 saturated carbocycles. The number of hydrogen-bond donors (Lipinski definition) is 2. The van der Waals surface area contributed by atoms with Crippen molar-refractivity contribution in [2.75, 3.05) is 0 Å². The lowest BCUT2D eigenvalue weighted by Gasteiger charge is -2.17. The summed E-state index contributed by atoms with van der Waals surface area (Å²) in [5, 5.41) is 17.1. The van der Waals surface area contributed by atoms with Crippen LogP contribution in [0, 0.1) is 5.82 Å². The highest BCUT2D eigenvalue weighted by Crippen LogP contribution is 2.38. The first kappa shape index (κ1) is 19.0. The number of benzene rings is 2. The van der Waals surface area contributed by atoms with E-state index >= 15 is 0 Å². The SMILES string of the molecule is CC(C)c1c(CC(F)(F)C(=O)O)c2cc3[nH]ncc3cc2n1-c1ccc(F)cc1. The van der Waals surface area contributed by atoms with Crippen LogP contribution in [0.3, 0.4) is 0 Å². The fourth-order valence-electron chi connectivity index (χ4n) is 3.77. The maximum atomic E-state index is 14.2. The predicted molar refractivity (Wildman–Crippen MR) is 103 cm³/mol. The van der Waals surface area contributed by atoms with Crippen LogP contribution in [0.2, 0.25) is 0 Å². The molecule has 5 nitrogen and oxygen atoms in total. The Hall–Kier alpha value is -3.29. The fraction of sp³-hybridized carbons (Fsp3) is 0.238. The summed E-state index contributed by atoms with van der Waals surface area (Å²) in [5.74, 6) is -6.69. The number of carboxylic acid groups (broad SMARTS) is 1. The molecule has 8 heteroatoms. The molecule has 0 atom stereocenters. The zero-order valence-corrected chi connectivity index (χ0v) is 15.7. The number of H-pyrrole nitrogens is 1. The minimum atomic E-state index is -3.92. The highest BCUT2D eigenvalue weighted by molar-refractivity contribution is 5.99. The number of fused-ring (bicyclic) bond motifs is 2. The third-order valence-electron chi connectivity index (χ3n) is 5.02. The van der Waals surface area contributed by atoms with Gasteiger partial charge in [0.2, 0.25) is 0 Å². The van der Waals surface area contributed by atoms with Gasteiger partial charge in [0.15, 0.2) is 0 Å². The first-order valence-corrected chi connectivity index (χ1v) is 9.06. The summed E-state index contributed by atoms with van der Waals surface area (Å²) >= 11 is 0. The Balaban J connectivity index is 2.10. The summed E-state index contributed by atoms with van der Waals surface area (Å²) in [6, 6.07) is 9.25. The normalized spacial score (nSPS) is 12.3. The second-order valence-electron chi connectivity index (χ2n) is 7.34. The lowest BCUT2D eigenvalue weighted by atomic mass is 9.97. The van der Waals surface area contributed by atoms with Crippen LogP contribution in [0.15, 0.2) is 42.6 Å². The van der Waals surface area contributed by atoms with Crippen LogP contribution in [0.1, 0.15) is 31.0 Å². The number of alkyl halides is 2. The van der Waals surface area contributed by atoms with Crippen molar-refractivity contribution in [3.8, 4) is 5.69 Å². The van der Waals surface area contributed by atoms with Crippen LogP contribution in [-0.2, 0) is 11.2 Å².